The van der Waals surface area contributed by atoms with Crippen molar-refractivity contribution in [2.24, 2.45) is 11.8 Å². The van der Waals surface area contributed by atoms with Gasteiger partial charge in [-0.2, -0.15) is 0 Å². The van der Waals surface area contributed by atoms with Crippen molar-refractivity contribution in [3.63, 3.8) is 0 Å². The number of benzene rings is 1. The SMILES string of the molecule is CCCOCCC(c1ccc(Cl)cc1)N1C[C@H](C)C[C@@H](C)C1. The Hall–Kier alpha value is -0.570. The third-order valence-electron chi connectivity index (χ3n) is 4.48. The van der Waals surface area contributed by atoms with E-state index < -0.39 is 0 Å². The average molecular weight is 324 g/mol. The normalized spacial score (nSPS) is 24.4. The number of likely N-dealkylation sites (tertiary alicyclic amines) is 1. The van der Waals surface area contributed by atoms with Gasteiger partial charge < -0.3 is 4.74 Å². The summed E-state index contributed by atoms with van der Waals surface area (Å²) in [6.07, 6.45) is 3.49. The maximum absolute atomic E-state index is 6.06. The second kappa shape index (κ2) is 8.90. The fraction of sp³-hybridized carbons (Fsp3) is 0.684. The number of ether oxygens (including phenoxy) is 1. The lowest BCUT2D eigenvalue weighted by molar-refractivity contribution is 0.0605. The van der Waals surface area contributed by atoms with Crippen molar-refractivity contribution >= 4 is 11.6 Å². The van der Waals surface area contributed by atoms with E-state index in [0.29, 0.717) is 6.04 Å². The van der Waals surface area contributed by atoms with Gasteiger partial charge >= 0.3 is 0 Å². The molecule has 22 heavy (non-hydrogen) atoms. The van der Waals surface area contributed by atoms with Gasteiger partial charge in [0, 0.05) is 37.4 Å². The molecule has 0 saturated carbocycles. The first kappa shape index (κ1) is 17.8. The zero-order chi connectivity index (χ0) is 15.9. The maximum Gasteiger partial charge on any atom is 0.0484 e. The zero-order valence-electron chi connectivity index (χ0n) is 14.2. The molecule has 0 N–H and O–H groups in total. The largest absolute Gasteiger partial charge is 0.381 e. The summed E-state index contributed by atoms with van der Waals surface area (Å²) in [5, 5.41) is 0.810. The van der Waals surface area contributed by atoms with Crippen molar-refractivity contribution in [3.8, 4) is 0 Å². The molecule has 0 amide bonds. The van der Waals surface area contributed by atoms with Gasteiger partial charge in [-0.1, -0.05) is 44.5 Å². The molecule has 0 bridgehead atoms. The van der Waals surface area contributed by atoms with E-state index in [0.717, 1.165) is 42.9 Å². The number of rotatable bonds is 7. The molecule has 3 heteroatoms. The summed E-state index contributed by atoms with van der Waals surface area (Å²) >= 11 is 6.06. The van der Waals surface area contributed by atoms with Crippen molar-refractivity contribution in [1.82, 2.24) is 4.90 Å². The number of piperidine rings is 1. The molecule has 1 aromatic rings. The van der Waals surface area contributed by atoms with Crippen LogP contribution in [-0.4, -0.2) is 31.2 Å². The zero-order valence-corrected chi connectivity index (χ0v) is 15.0. The van der Waals surface area contributed by atoms with Crippen LogP contribution in [0.4, 0.5) is 0 Å². The second-order valence-corrected chi connectivity index (χ2v) is 7.30. The highest BCUT2D eigenvalue weighted by atomic mass is 35.5. The summed E-state index contributed by atoms with van der Waals surface area (Å²) in [6, 6.07) is 8.81. The van der Waals surface area contributed by atoms with Crippen LogP contribution in [0.5, 0.6) is 0 Å². The molecule has 0 aliphatic carbocycles. The van der Waals surface area contributed by atoms with Crippen LogP contribution in [0.3, 0.4) is 0 Å². The van der Waals surface area contributed by atoms with Crippen molar-refractivity contribution in [3.05, 3.63) is 34.9 Å². The van der Waals surface area contributed by atoms with Crippen LogP contribution in [0.2, 0.25) is 5.02 Å². The molecule has 1 aliphatic heterocycles. The molecule has 1 saturated heterocycles. The van der Waals surface area contributed by atoms with Crippen LogP contribution in [0.1, 0.15) is 51.6 Å². The van der Waals surface area contributed by atoms with Crippen molar-refractivity contribution < 1.29 is 4.74 Å². The Morgan fingerprint density at radius 1 is 1.14 bits per heavy atom. The Balaban J connectivity index is 2.08. The third kappa shape index (κ3) is 5.26. The van der Waals surface area contributed by atoms with Crippen LogP contribution in [0.25, 0.3) is 0 Å². The number of hydrogen-bond donors (Lipinski definition) is 0. The summed E-state index contributed by atoms with van der Waals surface area (Å²) < 4.78 is 5.75. The third-order valence-corrected chi connectivity index (χ3v) is 4.73. The average Bonchev–Trinajstić information content (AvgIpc) is 2.47. The first-order valence-electron chi connectivity index (χ1n) is 8.67. The fourth-order valence-corrected chi connectivity index (χ4v) is 3.78. The topological polar surface area (TPSA) is 12.5 Å². The predicted octanol–water partition coefficient (Wildman–Crippen LogP) is 5.18. The maximum atomic E-state index is 6.06. The first-order valence-corrected chi connectivity index (χ1v) is 9.05. The highest BCUT2D eigenvalue weighted by molar-refractivity contribution is 6.30. The summed E-state index contributed by atoms with van der Waals surface area (Å²) in [7, 11) is 0. The quantitative estimate of drug-likeness (QED) is 0.641. The molecule has 1 unspecified atom stereocenters. The molecule has 124 valence electrons. The molecule has 2 nitrogen and oxygen atoms in total. The van der Waals surface area contributed by atoms with E-state index in [-0.39, 0.29) is 0 Å². The van der Waals surface area contributed by atoms with Gasteiger partial charge in [-0.05, 0) is 48.8 Å². The van der Waals surface area contributed by atoms with E-state index in [9.17, 15) is 0 Å². The van der Waals surface area contributed by atoms with Gasteiger partial charge in [0.25, 0.3) is 0 Å². The lowest BCUT2D eigenvalue weighted by atomic mass is 9.89. The van der Waals surface area contributed by atoms with Gasteiger partial charge in [0.05, 0.1) is 0 Å². The lowest BCUT2D eigenvalue weighted by Gasteiger charge is -2.40. The molecule has 1 heterocycles. The standard InChI is InChI=1S/C19H30ClNO/c1-4-10-22-11-9-19(17-5-7-18(20)8-6-17)21-13-15(2)12-16(3)14-21/h5-8,15-16,19H,4,9-14H2,1-3H3/t15-,16-,19?/m1/s1. The monoisotopic (exact) mass is 323 g/mol. The number of nitrogens with zero attached hydrogens (tertiary/aromatic N) is 1. The Labute approximate surface area is 140 Å². The summed E-state index contributed by atoms with van der Waals surface area (Å²) in [4.78, 5) is 2.65. The molecular weight excluding hydrogens is 294 g/mol. The van der Waals surface area contributed by atoms with Gasteiger partial charge in [-0.15, -0.1) is 0 Å². The second-order valence-electron chi connectivity index (χ2n) is 6.87. The van der Waals surface area contributed by atoms with Gasteiger partial charge in [0.1, 0.15) is 0 Å². The predicted molar refractivity (Wildman–Crippen MR) is 94.4 cm³/mol. The Bertz CT molecular complexity index is 424. The van der Waals surface area contributed by atoms with Gasteiger partial charge in [0.15, 0.2) is 0 Å². The van der Waals surface area contributed by atoms with Crippen molar-refractivity contribution in [2.75, 3.05) is 26.3 Å². The smallest absolute Gasteiger partial charge is 0.0484 e. The van der Waals surface area contributed by atoms with E-state index in [2.05, 4.69) is 37.8 Å². The van der Waals surface area contributed by atoms with E-state index in [1.165, 1.54) is 25.1 Å². The van der Waals surface area contributed by atoms with E-state index >= 15 is 0 Å². The number of hydrogen-bond acceptors (Lipinski definition) is 2. The van der Waals surface area contributed by atoms with Crippen LogP contribution in [0, 0.1) is 11.8 Å². The van der Waals surface area contributed by atoms with Gasteiger partial charge in [-0.25, -0.2) is 0 Å². The first-order chi connectivity index (χ1) is 10.6. The minimum absolute atomic E-state index is 0.444. The summed E-state index contributed by atoms with van der Waals surface area (Å²) in [5.41, 5.74) is 1.37. The lowest BCUT2D eigenvalue weighted by Crippen LogP contribution is -2.41. The molecule has 0 radical (unpaired) electrons. The van der Waals surface area contributed by atoms with Crippen molar-refractivity contribution in [2.45, 2.75) is 46.1 Å². The highest BCUT2D eigenvalue weighted by Crippen LogP contribution is 2.32. The molecule has 3 atom stereocenters. The van der Waals surface area contributed by atoms with E-state index in [1.54, 1.807) is 0 Å². The molecular formula is C19H30ClNO. The Morgan fingerprint density at radius 2 is 1.77 bits per heavy atom. The van der Waals surface area contributed by atoms with Crippen LogP contribution in [0.15, 0.2) is 24.3 Å². The molecule has 1 aromatic carbocycles. The van der Waals surface area contributed by atoms with Crippen LogP contribution >= 0.6 is 11.6 Å². The molecule has 2 rings (SSSR count). The molecule has 1 fully saturated rings. The Morgan fingerprint density at radius 3 is 2.36 bits per heavy atom. The van der Waals surface area contributed by atoms with Gasteiger partial charge in [-0.3, -0.25) is 4.90 Å². The van der Waals surface area contributed by atoms with Crippen LogP contribution in [-0.2, 0) is 4.74 Å². The summed E-state index contributed by atoms with van der Waals surface area (Å²) in [6.45, 7) is 11.0. The minimum Gasteiger partial charge on any atom is -0.381 e. The molecule has 0 spiro atoms. The highest BCUT2D eigenvalue weighted by Gasteiger charge is 2.28. The fourth-order valence-electron chi connectivity index (χ4n) is 3.65. The van der Waals surface area contributed by atoms with E-state index in [4.69, 9.17) is 16.3 Å². The number of halogens is 1. The molecule has 0 aromatic heterocycles. The van der Waals surface area contributed by atoms with Crippen molar-refractivity contribution in [1.29, 1.82) is 0 Å². The summed E-state index contributed by atoms with van der Waals surface area (Å²) in [5.74, 6) is 1.55. The Kier molecular flexibility index (Phi) is 7.20. The molecule has 1 aliphatic rings. The van der Waals surface area contributed by atoms with Crippen LogP contribution < -0.4 is 0 Å². The van der Waals surface area contributed by atoms with E-state index in [1.807, 2.05) is 12.1 Å². The minimum atomic E-state index is 0.444. The van der Waals surface area contributed by atoms with Gasteiger partial charge in [0.2, 0.25) is 0 Å².